The molecule has 2 heterocycles. The monoisotopic (exact) mass is 234 g/mol. The van der Waals surface area contributed by atoms with Gasteiger partial charge in [-0.05, 0) is 13.8 Å². The molecule has 94 valence electrons. The first kappa shape index (κ1) is 12.2. The fraction of sp³-hybridized carbons (Fsp3) is 1.00. The summed E-state index contributed by atoms with van der Waals surface area (Å²) >= 11 is 0. The Morgan fingerprint density at radius 3 is 2.44 bits per heavy atom. The summed E-state index contributed by atoms with van der Waals surface area (Å²) in [5, 5.41) is 19.0. The molecule has 0 aromatic carbocycles. The molecule has 2 rings (SSSR count). The Morgan fingerprint density at radius 1 is 1.25 bits per heavy atom. The van der Waals surface area contributed by atoms with E-state index < -0.39 is 36.5 Å². The van der Waals surface area contributed by atoms with Gasteiger partial charge in [0.2, 0.25) is 0 Å². The van der Waals surface area contributed by atoms with Crippen LogP contribution in [0.5, 0.6) is 0 Å². The lowest BCUT2D eigenvalue weighted by Gasteiger charge is -2.38. The van der Waals surface area contributed by atoms with Crippen molar-refractivity contribution >= 4 is 0 Å². The smallest absolute Gasteiger partial charge is 0.186 e. The lowest BCUT2D eigenvalue weighted by Crippen LogP contribution is -2.57. The lowest BCUT2D eigenvalue weighted by atomic mass is 9.99. The fourth-order valence-electron chi connectivity index (χ4n) is 2.17. The van der Waals surface area contributed by atoms with Crippen LogP contribution in [-0.4, -0.2) is 60.4 Å². The van der Waals surface area contributed by atoms with E-state index in [1.54, 1.807) is 13.8 Å². The van der Waals surface area contributed by atoms with E-state index >= 15 is 0 Å². The molecule has 16 heavy (non-hydrogen) atoms. The molecule has 6 nitrogen and oxygen atoms in total. The van der Waals surface area contributed by atoms with Crippen molar-refractivity contribution in [2.75, 3.05) is 13.7 Å². The Balaban J connectivity index is 2.18. The lowest BCUT2D eigenvalue weighted by molar-refractivity contribution is -0.272. The number of hydrogen-bond donors (Lipinski definition) is 2. The number of ether oxygens (including phenoxy) is 4. The molecule has 2 fully saturated rings. The maximum absolute atomic E-state index is 9.94. The molecular weight excluding hydrogens is 216 g/mol. The second-order valence-corrected chi connectivity index (χ2v) is 4.52. The summed E-state index contributed by atoms with van der Waals surface area (Å²) < 4.78 is 21.7. The van der Waals surface area contributed by atoms with Crippen molar-refractivity contribution in [3.05, 3.63) is 0 Å². The summed E-state index contributed by atoms with van der Waals surface area (Å²) in [7, 11) is 1.49. The summed E-state index contributed by atoms with van der Waals surface area (Å²) in [4.78, 5) is 0. The first-order valence-corrected chi connectivity index (χ1v) is 5.31. The van der Waals surface area contributed by atoms with Gasteiger partial charge < -0.3 is 29.2 Å². The molecule has 0 spiro atoms. The molecule has 0 bridgehead atoms. The number of methoxy groups -OCH3 is 1. The fourth-order valence-corrected chi connectivity index (χ4v) is 2.17. The average Bonchev–Trinajstić information content (AvgIpc) is 2.55. The zero-order valence-corrected chi connectivity index (χ0v) is 9.62. The van der Waals surface area contributed by atoms with Crippen molar-refractivity contribution < 1.29 is 29.2 Å². The minimum atomic E-state index is -0.914. The Kier molecular flexibility index (Phi) is 3.22. The van der Waals surface area contributed by atoms with E-state index in [0.29, 0.717) is 0 Å². The van der Waals surface area contributed by atoms with Crippen molar-refractivity contribution in [3.8, 4) is 0 Å². The van der Waals surface area contributed by atoms with E-state index in [-0.39, 0.29) is 6.61 Å². The number of aliphatic hydroxyl groups excluding tert-OH is 2. The molecule has 2 N–H and O–H groups in total. The van der Waals surface area contributed by atoms with Crippen LogP contribution in [0.4, 0.5) is 0 Å². The summed E-state index contributed by atoms with van der Waals surface area (Å²) in [6.45, 7) is 3.24. The Bertz CT molecular complexity index is 256. The molecule has 6 heteroatoms. The summed E-state index contributed by atoms with van der Waals surface area (Å²) in [5.41, 5.74) is 0. The number of fused-ring (bicyclic) bond motifs is 1. The molecular formula is C10H18O6. The third-order valence-corrected chi connectivity index (χ3v) is 2.87. The third-order valence-electron chi connectivity index (χ3n) is 2.87. The first-order chi connectivity index (χ1) is 7.48. The van der Waals surface area contributed by atoms with Crippen LogP contribution in [0.25, 0.3) is 0 Å². The molecule has 0 amide bonds. The number of hydrogen-bond acceptors (Lipinski definition) is 6. The normalized spacial score (nSPS) is 46.7. The zero-order chi connectivity index (χ0) is 11.9. The van der Waals surface area contributed by atoms with Crippen LogP contribution in [-0.2, 0) is 18.9 Å². The molecule has 0 saturated carbocycles. The second kappa shape index (κ2) is 4.21. The van der Waals surface area contributed by atoms with E-state index in [2.05, 4.69) is 0 Å². The van der Waals surface area contributed by atoms with Crippen molar-refractivity contribution in [2.24, 2.45) is 0 Å². The summed E-state index contributed by atoms with van der Waals surface area (Å²) in [6, 6.07) is 0. The minimum Gasteiger partial charge on any atom is -0.394 e. The largest absolute Gasteiger partial charge is 0.394 e. The molecule has 0 aromatic rings. The van der Waals surface area contributed by atoms with Crippen molar-refractivity contribution in [2.45, 2.75) is 50.3 Å². The molecule has 2 aliphatic rings. The minimum absolute atomic E-state index is 0.284. The van der Waals surface area contributed by atoms with Crippen molar-refractivity contribution in [1.82, 2.24) is 0 Å². The molecule has 0 aromatic heterocycles. The van der Waals surface area contributed by atoms with Gasteiger partial charge in [0, 0.05) is 7.11 Å². The molecule has 5 atom stereocenters. The second-order valence-electron chi connectivity index (χ2n) is 4.52. The van der Waals surface area contributed by atoms with E-state index in [0.717, 1.165) is 0 Å². The highest BCUT2D eigenvalue weighted by atomic mass is 16.8. The van der Waals surface area contributed by atoms with Crippen LogP contribution in [0.15, 0.2) is 0 Å². The van der Waals surface area contributed by atoms with Gasteiger partial charge >= 0.3 is 0 Å². The molecule has 0 unspecified atom stereocenters. The van der Waals surface area contributed by atoms with Gasteiger partial charge in [0.15, 0.2) is 12.1 Å². The van der Waals surface area contributed by atoms with Gasteiger partial charge in [0.05, 0.1) is 6.61 Å². The maximum atomic E-state index is 9.94. The van der Waals surface area contributed by atoms with Gasteiger partial charge in [-0.3, -0.25) is 0 Å². The standard InChI is InChI=1S/C10H18O6/c1-10(2)15-7-6(12)5(4-11)14-9(13-3)8(7)16-10/h5-9,11-12H,4H2,1-3H3/t5-,6+,7-,8-,9+/m1/s1. The third kappa shape index (κ3) is 1.97. The predicted octanol–water partition coefficient (Wildman–Crippen LogP) is -0.769. The van der Waals surface area contributed by atoms with Crippen molar-refractivity contribution in [1.29, 1.82) is 0 Å². The zero-order valence-electron chi connectivity index (χ0n) is 9.62. The van der Waals surface area contributed by atoms with Gasteiger partial charge in [0.1, 0.15) is 24.4 Å². The van der Waals surface area contributed by atoms with Crippen LogP contribution >= 0.6 is 0 Å². The van der Waals surface area contributed by atoms with Crippen LogP contribution in [0.1, 0.15) is 13.8 Å². The molecule has 2 aliphatic heterocycles. The maximum Gasteiger partial charge on any atom is 0.186 e. The topological polar surface area (TPSA) is 77.4 Å². The van der Waals surface area contributed by atoms with Crippen LogP contribution in [0.3, 0.4) is 0 Å². The highest BCUT2D eigenvalue weighted by Crippen LogP contribution is 2.37. The SMILES string of the molecule is CO[C@H]1O[C@H](CO)[C@H](O)[C@H]2OC(C)(C)O[C@@H]12. The summed E-state index contributed by atoms with van der Waals surface area (Å²) in [6.07, 6.45) is -3.26. The van der Waals surface area contributed by atoms with Gasteiger partial charge in [0.25, 0.3) is 0 Å². The van der Waals surface area contributed by atoms with E-state index in [1.165, 1.54) is 7.11 Å². The van der Waals surface area contributed by atoms with Gasteiger partial charge in [-0.1, -0.05) is 0 Å². The molecule has 0 aliphatic carbocycles. The van der Waals surface area contributed by atoms with Crippen LogP contribution in [0, 0.1) is 0 Å². The number of aliphatic hydroxyl groups is 2. The highest BCUT2D eigenvalue weighted by Gasteiger charge is 2.54. The average molecular weight is 234 g/mol. The Hall–Kier alpha value is -0.240. The highest BCUT2D eigenvalue weighted by molar-refractivity contribution is 4.95. The quantitative estimate of drug-likeness (QED) is 0.653. The van der Waals surface area contributed by atoms with Gasteiger partial charge in [-0.25, -0.2) is 0 Å². The first-order valence-electron chi connectivity index (χ1n) is 5.31. The van der Waals surface area contributed by atoms with Crippen LogP contribution in [0.2, 0.25) is 0 Å². The van der Waals surface area contributed by atoms with Gasteiger partial charge in [-0.2, -0.15) is 0 Å². The van der Waals surface area contributed by atoms with E-state index in [4.69, 9.17) is 24.1 Å². The predicted molar refractivity (Wildman–Crippen MR) is 52.6 cm³/mol. The molecule has 0 radical (unpaired) electrons. The van der Waals surface area contributed by atoms with Crippen molar-refractivity contribution in [3.63, 3.8) is 0 Å². The van der Waals surface area contributed by atoms with E-state index in [9.17, 15) is 5.11 Å². The molecule has 2 saturated heterocycles. The number of rotatable bonds is 2. The Labute approximate surface area is 94.1 Å². The van der Waals surface area contributed by atoms with Gasteiger partial charge in [-0.15, -0.1) is 0 Å². The van der Waals surface area contributed by atoms with Crippen LogP contribution < -0.4 is 0 Å². The van der Waals surface area contributed by atoms with E-state index in [1.807, 2.05) is 0 Å². The summed E-state index contributed by atoms with van der Waals surface area (Å²) in [5.74, 6) is -0.777. The Morgan fingerprint density at radius 2 is 1.88 bits per heavy atom.